The highest BCUT2D eigenvalue weighted by atomic mass is 15.3. The van der Waals surface area contributed by atoms with Gasteiger partial charge in [-0.05, 0) is 43.9 Å². The lowest BCUT2D eigenvalue weighted by atomic mass is 10.0. The van der Waals surface area contributed by atoms with E-state index in [4.69, 9.17) is 5.73 Å². The highest BCUT2D eigenvalue weighted by molar-refractivity contribution is 5.13. The zero-order chi connectivity index (χ0) is 10.7. The molecule has 86 valence electrons. The summed E-state index contributed by atoms with van der Waals surface area (Å²) in [6.07, 6.45) is 6.74. The van der Waals surface area contributed by atoms with Gasteiger partial charge in [-0.25, -0.2) is 0 Å². The van der Waals surface area contributed by atoms with Crippen LogP contribution in [-0.2, 0) is 6.54 Å². The van der Waals surface area contributed by atoms with Gasteiger partial charge in [0, 0.05) is 12.0 Å². The molecule has 0 aromatic carbocycles. The van der Waals surface area contributed by atoms with Crippen LogP contribution in [0.3, 0.4) is 0 Å². The highest BCUT2D eigenvalue weighted by Gasteiger charge is 2.48. The molecule has 2 unspecified atom stereocenters. The Kier molecular flexibility index (Phi) is 1.76. The fraction of sp³-hybridized carbons (Fsp3) is 0.833. The zero-order valence-electron chi connectivity index (χ0n) is 9.47. The molecular weight excluding hydrogens is 200 g/mol. The lowest BCUT2D eigenvalue weighted by Gasteiger charge is -2.14. The molecule has 2 atom stereocenters. The lowest BCUT2D eigenvalue weighted by Crippen LogP contribution is -2.12. The first kappa shape index (κ1) is 9.16. The Balaban J connectivity index is 1.68. The molecule has 3 saturated carbocycles. The predicted octanol–water partition coefficient (Wildman–Crippen LogP) is 1.59. The number of hydrogen-bond donors (Lipinski definition) is 1. The third-order valence-electron chi connectivity index (χ3n) is 4.50. The first-order valence-corrected chi connectivity index (χ1v) is 6.50. The fourth-order valence-electron chi connectivity index (χ4n) is 3.41. The van der Waals surface area contributed by atoms with Gasteiger partial charge in [0.2, 0.25) is 0 Å². The molecule has 0 amide bonds. The van der Waals surface area contributed by atoms with E-state index in [1.807, 2.05) is 0 Å². The molecule has 3 aliphatic carbocycles. The van der Waals surface area contributed by atoms with E-state index in [-0.39, 0.29) is 0 Å². The SMILES string of the molecule is NCc1nnc(C2CC3CC3C2)n1C1CC1. The Morgan fingerprint density at radius 2 is 1.88 bits per heavy atom. The molecule has 16 heavy (non-hydrogen) atoms. The minimum atomic E-state index is 0.531. The van der Waals surface area contributed by atoms with Gasteiger partial charge in [0.25, 0.3) is 0 Å². The Labute approximate surface area is 95.2 Å². The van der Waals surface area contributed by atoms with Gasteiger partial charge in [-0.2, -0.15) is 0 Å². The molecule has 0 bridgehead atoms. The van der Waals surface area contributed by atoms with E-state index in [0.29, 0.717) is 18.5 Å². The van der Waals surface area contributed by atoms with Gasteiger partial charge in [-0.1, -0.05) is 0 Å². The maximum Gasteiger partial charge on any atom is 0.147 e. The molecule has 2 N–H and O–H groups in total. The number of rotatable bonds is 3. The van der Waals surface area contributed by atoms with E-state index in [2.05, 4.69) is 14.8 Å². The molecule has 4 heteroatoms. The fourth-order valence-corrected chi connectivity index (χ4v) is 3.41. The summed E-state index contributed by atoms with van der Waals surface area (Å²) in [6.45, 7) is 0.531. The summed E-state index contributed by atoms with van der Waals surface area (Å²) < 4.78 is 2.36. The molecule has 4 rings (SSSR count). The second-order valence-corrected chi connectivity index (χ2v) is 5.70. The number of aromatic nitrogens is 3. The summed E-state index contributed by atoms with van der Waals surface area (Å²) in [5, 5.41) is 8.69. The third kappa shape index (κ3) is 1.25. The van der Waals surface area contributed by atoms with Gasteiger partial charge < -0.3 is 10.3 Å². The van der Waals surface area contributed by atoms with Crippen LogP contribution in [0.25, 0.3) is 0 Å². The average molecular weight is 218 g/mol. The van der Waals surface area contributed by atoms with Gasteiger partial charge in [0.05, 0.1) is 6.54 Å². The zero-order valence-corrected chi connectivity index (χ0v) is 9.47. The second kappa shape index (κ2) is 3.06. The van der Waals surface area contributed by atoms with Gasteiger partial charge >= 0.3 is 0 Å². The molecule has 1 aromatic heterocycles. The highest BCUT2D eigenvalue weighted by Crippen LogP contribution is 2.57. The average Bonchev–Trinajstić information content (AvgIpc) is 3.20. The van der Waals surface area contributed by atoms with Gasteiger partial charge in [-0.15, -0.1) is 10.2 Å². The van der Waals surface area contributed by atoms with Gasteiger partial charge in [0.15, 0.2) is 0 Å². The molecule has 0 spiro atoms. The van der Waals surface area contributed by atoms with Crippen molar-refractivity contribution in [3.63, 3.8) is 0 Å². The van der Waals surface area contributed by atoms with Crippen LogP contribution in [0.5, 0.6) is 0 Å². The van der Waals surface area contributed by atoms with E-state index < -0.39 is 0 Å². The molecular formula is C12H18N4. The maximum absolute atomic E-state index is 5.74. The van der Waals surface area contributed by atoms with E-state index in [0.717, 1.165) is 17.7 Å². The second-order valence-electron chi connectivity index (χ2n) is 5.70. The molecule has 0 radical (unpaired) electrons. The van der Waals surface area contributed by atoms with E-state index >= 15 is 0 Å². The van der Waals surface area contributed by atoms with Crippen LogP contribution in [0, 0.1) is 11.8 Å². The third-order valence-corrected chi connectivity index (χ3v) is 4.50. The number of nitrogens with two attached hydrogens (primary N) is 1. The first-order valence-electron chi connectivity index (χ1n) is 6.50. The minimum absolute atomic E-state index is 0.531. The summed E-state index contributed by atoms with van der Waals surface area (Å²) in [6, 6.07) is 0.667. The topological polar surface area (TPSA) is 56.7 Å². The standard InChI is InChI=1S/C12H18N4/c13-6-11-14-15-12(16(11)10-1-2-10)9-4-7-3-8(7)5-9/h7-10H,1-6,13H2. The first-order chi connectivity index (χ1) is 7.86. The van der Waals surface area contributed by atoms with Crippen LogP contribution in [0.15, 0.2) is 0 Å². The van der Waals surface area contributed by atoms with Crippen LogP contribution in [-0.4, -0.2) is 14.8 Å². The van der Waals surface area contributed by atoms with Crippen molar-refractivity contribution in [3.05, 3.63) is 11.6 Å². The quantitative estimate of drug-likeness (QED) is 0.838. The van der Waals surface area contributed by atoms with Crippen molar-refractivity contribution in [2.75, 3.05) is 0 Å². The molecule has 1 aromatic rings. The monoisotopic (exact) mass is 218 g/mol. The Morgan fingerprint density at radius 3 is 2.50 bits per heavy atom. The van der Waals surface area contributed by atoms with Crippen molar-refractivity contribution < 1.29 is 0 Å². The van der Waals surface area contributed by atoms with Crippen LogP contribution >= 0.6 is 0 Å². The molecule has 0 saturated heterocycles. The van der Waals surface area contributed by atoms with E-state index in [1.54, 1.807) is 0 Å². The van der Waals surface area contributed by atoms with Crippen molar-refractivity contribution >= 4 is 0 Å². The van der Waals surface area contributed by atoms with Gasteiger partial charge in [0.1, 0.15) is 11.6 Å². The summed E-state index contributed by atoms with van der Waals surface area (Å²) in [5.41, 5.74) is 5.74. The van der Waals surface area contributed by atoms with E-state index in [1.165, 1.54) is 37.9 Å². The largest absolute Gasteiger partial charge is 0.324 e. The molecule has 3 fully saturated rings. The smallest absolute Gasteiger partial charge is 0.147 e. The van der Waals surface area contributed by atoms with E-state index in [9.17, 15) is 0 Å². The van der Waals surface area contributed by atoms with Crippen molar-refractivity contribution in [1.82, 2.24) is 14.8 Å². The predicted molar refractivity (Wildman–Crippen MR) is 59.8 cm³/mol. The van der Waals surface area contributed by atoms with Crippen molar-refractivity contribution in [2.45, 2.75) is 50.6 Å². The van der Waals surface area contributed by atoms with Crippen molar-refractivity contribution in [1.29, 1.82) is 0 Å². The minimum Gasteiger partial charge on any atom is -0.324 e. The maximum atomic E-state index is 5.74. The van der Waals surface area contributed by atoms with Crippen LogP contribution < -0.4 is 5.73 Å². The number of fused-ring (bicyclic) bond motifs is 1. The lowest BCUT2D eigenvalue weighted by molar-refractivity contribution is 0.537. The summed E-state index contributed by atoms with van der Waals surface area (Å²) >= 11 is 0. The number of hydrogen-bond acceptors (Lipinski definition) is 3. The van der Waals surface area contributed by atoms with Crippen LogP contribution in [0.4, 0.5) is 0 Å². The Bertz CT molecular complexity index is 411. The Hall–Kier alpha value is -0.900. The van der Waals surface area contributed by atoms with Crippen molar-refractivity contribution in [2.24, 2.45) is 17.6 Å². The normalized spacial score (nSPS) is 36.4. The molecule has 4 nitrogen and oxygen atoms in total. The molecule has 1 heterocycles. The van der Waals surface area contributed by atoms with Crippen LogP contribution in [0.2, 0.25) is 0 Å². The molecule has 0 aliphatic heterocycles. The number of nitrogens with zero attached hydrogens (tertiary/aromatic N) is 3. The summed E-state index contributed by atoms with van der Waals surface area (Å²) in [5.74, 6) is 4.94. The summed E-state index contributed by atoms with van der Waals surface area (Å²) in [4.78, 5) is 0. The Morgan fingerprint density at radius 1 is 1.12 bits per heavy atom. The van der Waals surface area contributed by atoms with Crippen molar-refractivity contribution in [3.8, 4) is 0 Å². The summed E-state index contributed by atoms with van der Waals surface area (Å²) in [7, 11) is 0. The van der Waals surface area contributed by atoms with Gasteiger partial charge in [-0.3, -0.25) is 0 Å². The molecule has 3 aliphatic rings. The van der Waals surface area contributed by atoms with Crippen LogP contribution in [0.1, 0.15) is 55.7 Å².